The summed E-state index contributed by atoms with van der Waals surface area (Å²) in [6, 6.07) is 9.69. The Labute approximate surface area is 154 Å². The van der Waals surface area contributed by atoms with Crippen LogP contribution in [0.1, 0.15) is 21.6 Å². The number of carbonyl (C=O) groups is 1. The van der Waals surface area contributed by atoms with Crippen molar-refractivity contribution in [3.05, 3.63) is 53.2 Å². The molecule has 0 atom stereocenters. The molecule has 0 aliphatic heterocycles. The van der Waals surface area contributed by atoms with Crippen molar-refractivity contribution in [3.63, 3.8) is 0 Å². The molecule has 0 bridgehead atoms. The summed E-state index contributed by atoms with van der Waals surface area (Å²) in [5.74, 6) is -1.15. The monoisotopic (exact) mass is 367 g/mol. The van der Waals surface area contributed by atoms with Gasteiger partial charge >= 0.3 is 5.97 Å². The molecule has 3 aromatic rings. The number of hydrogen-bond acceptors (Lipinski definition) is 6. The Morgan fingerprint density at radius 3 is 2.19 bits per heavy atom. The van der Waals surface area contributed by atoms with Crippen LogP contribution in [0.15, 0.2) is 36.4 Å². The molecule has 0 saturated heterocycles. The van der Waals surface area contributed by atoms with E-state index in [1.54, 1.807) is 42.5 Å². The van der Waals surface area contributed by atoms with Gasteiger partial charge < -0.3 is 24.8 Å². The highest BCUT2D eigenvalue weighted by Crippen LogP contribution is 2.37. The summed E-state index contributed by atoms with van der Waals surface area (Å²) in [6.45, 7) is 0. The molecule has 2 aromatic carbocycles. The van der Waals surface area contributed by atoms with E-state index in [-0.39, 0.29) is 34.1 Å². The molecule has 0 aliphatic carbocycles. The van der Waals surface area contributed by atoms with Crippen LogP contribution in [0.2, 0.25) is 0 Å². The van der Waals surface area contributed by atoms with Gasteiger partial charge in [-0.25, -0.2) is 9.78 Å². The van der Waals surface area contributed by atoms with Crippen molar-refractivity contribution in [3.8, 4) is 23.0 Å². The summed E-state index contributed by atoms with van der Waals surface area (Å²) >= 11 is 0. The Hall–Kier alpha value is -3.74. The van der Waals surface area contributed by atoms with Crippen LogP contribution in [-0.4, -0.2) is 40.5 Å². The van der Waals surface area contributed by atoms with E-state index >= 15 is 0 Å². The molecular formula is C20H17NO6. The van der Waals surface area contributed by atoms with Crippen molar-refractivity contribution in [2.45, 2.75) is 0 Å². The molecule has 0 spiro atoms. The van der Waals surface area contributed by atoms with Crippen LogP contribution in [0.25, 0.3) is 23.1 Å². The topological polar surface area (TPSA) is 109 Å². The predicted molar refractivity (Wildman–Crippen MR) is 101 cm³/mol. The number of rotatable bonds is 5. The number of hydrogen-bond donors (Lipinski definition) is 3. The van der Waals surface area contributed by atoms with E-state index in [1.165, 1.54) is 20.3 Å². The van der Waals surface area contributed by atoms with Crippen LogP contribution in [0.5, 0.6) is 23.0 Å². The van der Waals surface area contributed by atoms with Crippen molar-refractivity contribution < 1.29 is 29.6 Å². The zero-order valence-electron chi connectivity index (χ0n) is 14.6. The Balaban J connectivity index is 2.01. The first-order valence-corrected chi connectivity index (χ1v) is 7.93. The van der Waals surface area contributed by atoms with Crippen LogP contribution in [0.3, 0.4) is 0 Å². The van der Waals surface area contributed by atoms with Gasteiger partial charge in [-0.15, -0.1) is 0 Å². The molecule has 0 aliphatic rings. The van der Waals surface area contributed by atoms with E-state index in [4.69, 9.17) is 14.6 Å². The van der Waals surface area contributed by atoms with Gasteiger partial charge in [0, 0.05) is 5.39 Å². The molecule has 3 rings (SSSR count). The Bertz CT molecular complexity index is 1030. The van der Waals surface area contributed by atoms with Crippen molar-refractivity contribution >= 4 is 29.0 Å². The number of phenols is 2. The number of aromatic hydroxyl groups is 2. The summed E-state index contributed by atoms with van der Waals surface area (Å²) in [7, 11) is 2.88. The maximum absolute atomic E-state index is 11.2. The van der Waals surface area contributed by atoms with E-state index < -0.39 is 5.97 Å². The van der Waals surface area contributed by atoms with Crippen molar-refractivity contribution in [2.75, 3.05) is 14.2 Å². The standard InChI is InChI=1S/C20H17NO6/c1-26-15-9-11(10-16(27-2)19(15)23)3-6-13-7-4-12-5-8-14(20(24)25)18(22)17(12)21-13/h3-10,22-23H,1-2H3,(H,24,25). The second-order valence-corrected chi connectivity index (χ2v) is 5.68. The lowest BCUT2D eigenvalue weighted by molar-refractivity contribution is 0.0694. The lowest BCUT2D eigenvalue weighted by Gasteiger charge is -2.09. The predicted octanol–water partition coefficient (Wildman–Crippen LogP) is 3.53. The van der Waals surface area contributed by atoms with E-state index in [9.17, 15) is 15.0 Å². The van der Waals surface area contributed by atoms with E-state index in [0.717, 1.165) is 0 Å². The SMILES string of the molecule is COc1cc(C=Cc2ccc3ccc(C(=O)O)c(O)c3n2)cc(OC)c1O. The summed E-state index contributed by atoms with van der Waals surface area (Å²) in [5, 5.41) is 29.9. The van der Waals surface area contributed by atoms with Crippen molar-refractivity contribution in [2.24, 2.45) is 0 Å². The second-order valence-electron chi connectivity index (χ2n) is 5.68. The Morgan fingerprint density at radius 1 is 0.963 bits per heavy atom. The highest BCUT2D eigenvalue weighted by molar-refractivity contribution is 5.99. The molecule has 0 unspecified atom stereocenters. The lowest BCUT2D eigenvalue weighted by atomic mass is 10.1. The summed E-state index contributed by atoms with van der Waals surface area (Å²) < 4.78 is 10.2. The van der Waals surface area contributed by atoms with Crippen LogP contribution >= 0.6 is 0 Å². The van der Waals surface area contributed by atoms with Gasteiger partial charge in [0.25, 0.3) is 0 Å². The Morgan fingerprint density at radius 2 is 1.59 bits per heavy atom. The Kier molecular flexibility index (Phi) is 4.85. The molecule has 27 heavy (non-hydrogen) atoms. The fraction of sp³-hybridized carbons (Fsp3) is 0.100. The number of nitrogens with zero attached hydrogens (tertiary/aromatic N) is 1. The number of benzene rings is 2. The number of fused-ring (bicyclic) bond motifs is 1. The molecule has 0 saturated carbocycles. The quantitative estimate of drug-likeness (QED) is 0.633. The maximum atomic E-state index is 11.2. The lowest BCUT2D eigenvalue weighted by Crippen LogP contribution is -1.97. The first kappa shape index (κ1) is 18.1. The molecule has 3 N–H and O–H groups in total. The minimum absolute atomic E-state index is 0.0906. The third kappa shape index (κ3) is 3.48. The fourth-order valence-electron chi connectivity index (χ4n) is 2.65. The minimum Gasteiger partial charge on any atom is -0.505 e. The van der Waals surface area contributed by atoms with Gasteiger partial charge in [-0.05, 0) is 35.9 Å². The van der Waals surface area contributed by atoms with Gasteiger partial charge in [-0.2, -0.15) is 0 Å². The number of carboxylic acid groups (broad SMARTS) is 1. The molecule has 138 valence electrons. The maximum Gasteiger partial charge on any atom is 0.339 e. The minimum atomic E-state index is -1.22. The summed E-state index contributed by atoms with van der Waals surface area (Å²) in [6.07, 6.45) is 3.42. The van der Waals surface area contributed by atoms with Gasteiger partial charge in [0.05, 0.1) is 19.9 Å². The number of aromatic carboxylic acids is 1. The smallest absolute Gasteiger partial charge is 0.339 e. The van der Waals surface area contributed by atoms with Gasteiger partial charge in [-0.3, -0.25) is 0 Å². The second kappa shape index (κ2) is 7.25. The third-order valence-electron chi connectivity index (χ3n) is 4.04. The largest absolute Gasteiger partial charge is 0.505 e. The molecule has 0 amide bonds. The average Bonchev–Trinajstić information content (AvgIpc) is 2.67. The van der Waals surface area contributed by atoms with Crippen LogP contribution in [-0.2, 0) is 0 Å². The molecule has 7 nitrogen and oxygen atoms in total. The number of carboxylic acids is 1. The number of pyridine rings is 1. The van der Waals surface area contributed by atoms with Gasteiger partial charge in [0.1, 0.15) is 11.1 Å². The van der Waals surface area contributed by atoms with Crippen LogP contribution in [0.4, 0.5) is 0 Å². The normalized spacial score (nSPS) is 11.0. The number of phenolic OH excluding ortho intramolecular Hbond substituents is 1. The fourth-order valence-corrected chi connectivity index (χ4v) is 2.65. The van der Waals surface area contributed by atoms with Crippen LogP contribution in [0, 0.1) is 0 Å². The number of methoxy groups -OCH3 is 2. The third-order valence-corrected chi connectivity index (χ3v) is 4.04. The number of ether oxygens (including phenoxy) is 2. The number of aromatic nitrogens is 1. The highest BCUT2D eigenvalue weighted by Gasteiger charge is 2.14. The van der Waals surface area contributed by atoms with Crippen LogP contribution < -0.4 is 9.47 Å². The first-order valence-electron chi connectivity index (χ1n) is 7.93. The van der Waals surface area contributed by atoms with E-state index in [1.807, 2.05) is 0 Å². The summed E-state index contributed by atoms with van der Waals surface area (Å²) in [5.41, 5.74) is 1.22. The molecule has 1 heterocycles. The molecular weight excluding hydrogens is 350 g/mol. The van der Waals surface area contributed by atoms with Gasteiger partial charge in [-0.1, -0.05) is 18.2 Å². The molecule has 0 radical (unpaired) electrons. The van der Waals surface area contributed by atoms with Crippen molar-refractivity contribution in [1.29, 1.82) is 0 Å². The zero-order valence-corrected chi connectivity index (χ0v) is 14.6. The van der Waals surface area contributed by atoms with E-state index in [2.05, 4.69) is 4.98 Å². The van der Waals surface area contributed by atoms with Gasteiger partial charge in [0.2, 0.25) is 5.75 Å². The molecule has 1 aromatic heterocycles. The molecule has 0 fully saturated rings. The van der Waals surface area contributed by atoms with Gasteiger partial charge in [0.15, 0.2) is 17.2 Å². The summed E-state index contributed by atoms with van der Waals surface area (Å²) in [4.78, 5) is 15.5. The first-order chi connectivity index (χ1) is 12.9. The zero-order chi connectivity index (χ0) is 19.6. The van der Waals surface area contributed by atoms with E-state index in [0.29, 0.717) is 16.6 Å². The highest BCUT2D eigenvalue weighted by atomic mass is 16.5. The average molecular weight is 367 g/mol. The van der Waals surface area contributed by atoms with Crippen molar-refractivity contribution in [1.82, 2.24) is 4.98 Å². The molecule has 7 heteroatoms.